The smallest absolute Gasteiger partial charge is 0.247 e. The van der Waals surface area contributed by atoms with Crippen molar-refractivity contribution in [2.24, 2.45) is 0 Å². The molecule has 1 aliphatic rings. The van der Waals surface area contributed by atoms with Crippen LogP contribution in [-0.4, -0.2) is 48.7 Å². The molecular formula is C22H22N4O5S. The highest BCUT2D eigenvalue weighted by Gasteiger charge is 2.35. The van der Waals surface area contributed by atoms with Gasteiger partial charge < -0.3 is 18.9 Å². The van der Waals surface area contributed by atoms with E-state index >= 15 is 0 Å². The summed E-state index contributed by atoms with van der Waals surface area (Å²) in [7, 11) is 4.59. The summed E-state index contributed by atoms with van der Waals surface area (Å²) in [6.45, 7) is 1.48. The molecule has 1 unspecified atom stereocenters. The number of methoxy groups -OCH3 is 3. The minimum atomic E-state index is -0.866. The van der Waals surface area contributed by atoms with E-state index in [1.54, 1.807) is 17.0 Å². The van der Waals surface area contributed by atoms with Crippen molar-refractivity contribution < 1.29 is 23.7 Å². The molecule has 0 bridgehead atoms. The number of rotatable bonds is 5. The van der Waals surface area contributed by atoms with Gasteiger partial charge >= 0.3 is 0 Å². The van der Waals surface area contributed by atoms with Gasteiger partial charge in [-0.3, -0.25) is 9.69 Å². The maximum absolute atomic E-state index is 12.9. The van der Waals surface area contributed by atoms with Crippen molar-refractivity contribution in [2.75, 3.05) is 32.5 Å². The molecule has 10 heteroatoms. The zero-order chi connectivity index (χ0) is 22.8. The Bertz CT molecular complexity index is 1150. The summed E-state index contributed by atoms with van der Waals surface area (Å²) in [6, 6.07) is 10.9. The lowest BCUT2D eigenvalue weighted by Crippen LogP contribution is -2.36. The number of thioether (sulfide) groups is 1. The van der Waals surface area contributed by atoms with Gasteiger partial charge in [0.05, 0.1) is 27.0 Å². The topological polar surface area (TPSA) is 95.9 Å². The predicted octanol–water partition coefficient (Wildman–Crippen LogP) is 3.73. The van der Waals surface area contributed by atoms with Gasteiger partial charge in [-0.25, -0.2) is 0 Å². The molecule has 2 aromatic carbocycles. The number of aromatic nitrogens is 3. The van der Waals surface area contributed by atoms with Gasteiger partial charge in [-0.2, -0.15) is 4.98 Å². The van der Waals surface area contributed by atoms with Crippen LogP contribution in [0, 0.1) is 0 Å². The molecule has 166 valence electrons. The Morgan fingerprint density at radius 2 is 1.75 bits per heavy atom. The molecule has 9 nitrogen and oxygen atoms in total. The molecule has 0 saturated heterocycles. The third-order valence-electron chi connectivity index (χ3n) is 5.01. The van der Waals surface area contributed by atoms with Crippen molar-refractivity contribution in [3.8, 4) is 34.4 Å². The Hall–Kier alpha value is -3.53. The zero-order valence-electron chi connectivity index (χ0n) is 18.3. The second-order valence-electron chi connectivity index (χ2n) is 6.79. The van der Waals surface area contributed by atoms with E-state index in [4.69, 9.17) is 18.9 Å². The highest BCUT2D eigenvalue weighted by molar-refractivity contribution is 7.98. The SMILES string of the molecule is COc1cc(C2Oc3nc(SC)nnc3-c3ccccc3N2C(C)=O)cc(OC)c1OC. The lowest BCUT2D eigenvalue weighted by atomic mass is 10.1. The molecule has 0 N–H and O–H groups in total. The number of hydrogen-bond acceptors (Lipinski definition) is 9. The van der Waals surface area contributed by atoms with Crippen molar-refractivity contribution in [3.05, 3.63) is 42.0 Å². The minimum absolute atomic E-state index is 0.220. The van der Waals surface area contributed by atoms with Crippen LogP contribution in [0.4, 0.5) is 5.69 Å². The lowest BCUT2D eigenvalue weighted by molar-refractivity contribution is -0.118. The van der Waals surface area contributed by atoms with Crippen LogP contribution >= 0.6 is 11.8 Å². The highest BCUT2D eigenvalue weighted by Crippen LogP contribution is 2.46. The molecule has 2 heterocycles. The number of nitrogens with zero attached hydrogens (tertiary/aromatic N) is 4. The van der Waals surface area contributed by atoms with E-state index in [9.17, 15) is 4.79 Å². The van der Waals surface area contributed by atoms with Gasteiger partial charge in [-0.05, 0) is 24.5 Å². The maximum Gasteiger partial charge on any atom is 0.247 e. The number of para-hydroxylation sites is 1. The van der Waals surface area contributed by atoms with Crippen molar-refractivity contribution in [2.45, 2.75) is 18.3 Å². The summed E-state index contributed by atoms with van der Waals surface area (Å²) in [5.74, 6) is 1.38. The van der Waals surface area contributed by atoms with Crippen LogP contribution in [0.2, 0.25) is 0 Å². The molecule has 0 aliphatic carbocycles. The van der Waals surface area contributed by atoms with E-state index < -0.39 is 6.23 Å². The fourth-order valence-corrected chi connectivity index (χ4v) is 3.90. The van der Waals surface area contributed by atoms with Crippen molar-refractivity contribution >= 4 is 23.4 Å². The van der Waals surface area contributed by atoms with Crippen LogP contribution in [0.15, 0.2) is 41.6 Å². The van der Waals surface area contributed by atoms with Crippen molar-refractivity contribution in [1.82, 2.24) is 15.2 Å². The quantitative estimate of drug-likeness (QED) is 0.534. The molecule has 1 amide bonds. The Labute approximate surface area is 189 Å². The fourth-order valence-electron chi connectivity index (χ4n) is 3.60. The zero-order valence-corrected chi connectivity index (χ0v) is 19.1. The number of benzene rings is 2. The first-order chi connectivity index (χ1) is 15.5. The second-order valence-corrected chi connectivity index (χ2v) is 7.56. The van der Waals surface area contributed by atoms with Gasteiger partial charge in [0, 0.05) is 18.1 Å². The summed E-state index contributed by atoms with van der Waals surface area (Å²) in [5.41, 5.74) is 2.40. The third kappa shape index (κ3) is 3.66. The molecule has 3 aromatic rings. The summed E-state index contributed by atoms with van der Waals surface area (Å²) in [4.78, 5) is 19.0. The number of fused-ring (bicyclic) bond motifs is 3. The molecule has 0 radical (unpaired) electrons. The summed E-state index contributed by atoms with van der Waals surface area (Å²) in [5, 5.41) is 8.96. The molecule has 0 fully saturated rings. The van der Waals surface area contributed by atoms with Gasteiger partial charge in [-0.15, -0.1) is 10.2 Å². The van der Waals surface area contributed by atoms with Gasteiger partial charge in [0.1, 0.15) is 0 Å². The molecule has 4 rings (SSSR count). The Morgan fingerprint density at radius 3 is 2.34 bits per heavy atom. The lowest BCUT2D eigenvalue weighted by Gasteiger charge is -2.30. The monoisotopic (exact) mass is 454 g/mol. The number of carbonyl (C=O) groups is 1. The normalized spacial score (nSPS) is 14.5. The molecule has 1 aliphatic heterocycles. The van der Waals surface area contributed by atoms with Crippen LogP contribution in [0.3, 0.4) is 0 Å². The van der Waals surface area contributed by atoms with Gasteiger partial charge in [-0.1, -0.05) is 30.0 Å². The first kappa shape index (κ1) is 21.7. The van der Waals surface area contributed by atoms with Crippen LogP contribution in [0.25, 0.3) is 11.3 Å². The van der Waals surface area contributed by atoms with E-state index in [0.29, 0.717) is 44.9 Å². The Morgan fingerprint density at radius 1 is 1.06 bits per heavy atom. The van der Waals surface area contributed by atoms with E-state index in [-0.39, 0.29) is 11.8 Å². The average molecular weight is 455 g/mol. The third-order valence-corrected chi connectivity index (χ3v) is 5.54. The second kappa shape index (κ2) is 8.91. The Kier molecular flexibility index (Phi) is 6.04. The van der Waals surface area contributed by atoms with Crippen LogP contribution < -0.4 is 23.8 Å². The largest absolute Gasteiger partial charge is 0.493 e. The highest BCUT2D eigenvalue weighted by atomic mass is 32.2. The standard InChI is InChI=1S/C22H22N4O5S/c1-12(27)26-15-9-7-6-8-14(15)18-20(23-22(32-5)25-24-18)31-21(26)13-10-16(28-2)19(30-4)17(11-13)29-3/h6-11,21H,1-5H3. The summed E-state index contributed by atoms with van der Waals surface area (Å²) < 4.78 is 22.8. The molecule has 1 atom stereocenters. The first-order valence-electron chi connectivity index (χ1n) is 9.66. The van der Waals surface area contributed by atoms with Gasteiger partial charge in [0.15, 0.2) is 17.2 Å². The molecule has 1 aromatic heterocycles. The molecule has 0 saturated carbocycles. The summed E-state index contributed by atoms with van der Waals surface area (Å²) >= 11 is 1.35. The summed E-state index contributed by atoms with van der Waals surface area (Å²) in [6.07, 6.45) is 0.988. The van der Waals surface area contributed by atoms with Crippen LogP contribution in [0.1, 0.15) is 18.7 Å². The van der Waals surface area contributed by atoms with Crippen molar-refractivity contribution in [3.63, 3.8) is 0 Å². The van der Waals surface area contributed by atoms with E-state index in [0.717, 1.165) is 0 Å². The van der Waals surface area contributed by atoms with Gasteiger partial charge in [0.25, 0.3) is 0 Å². The Balaban J connectivity index is 1.98. The average Bonchev–Trinajstić information content (AvgIpc) is 2.97. The first-order valence-corrected chi connectivity index (χ1v) is 10.9. The predicted molar refractivity (Wildman–Crippen MR) is 120 cm³/mol. The van der Waals surface area contributed by atoms with E-state index in [1.165, 1.54) is 40.0 Å². The molecule has 32 heavy (non-hydrogen) atoms. The number of ether oxygens (including phenoxy) is 4. The minimum Gasteiger partial charge on any atom is -0.493 e. The van der Waals surface area contributed by atoms with Crippen LogP contribution in [-0.2, 0) is 4.79 Å². The van der Waals surface area contributed by atoms with Crippen molar-refractivity contribution in [1.29, 1.82) is 0 Å². The van der Waals surface area contributed by atoms with E-state index in [1.807, 2.05) is 30.5 Å². The fraction of sp³-hybridized carbons (Fsp3) is 0.273. The number of amides is 1. The molecule has 0 spiro atoms. The number of carbonyl (C=O) groups excluding carboxylic acids is 1. The van der Waals surface area contributed by atoms with Crippen LogP contribution in [0.5, 0.6) is 23.1 Å². The number of anilines is 1. The molecular weight excluding hydrogens is 432 g/mol. The van der Waals surface area contributed by atoms with Gasteiger partial charge in [0.2, 0.25) is 28.9 Å². The number of hydrogen-bond donors (Lipinski definition) is 0. The van der Waals surface area contributed by atoms with E-state index in [2.05, 4.69) is 15.2 Å². The maximum atomic E-state index is 12.9.